The van der Waals surface area contributed by atoms with Gasteiger partial charge in [0.1, 0.15) is 13.2 Å². The van der Waals surface area contributed by atoms with Gasteiger partial charge in [-0.15, -0.1) is 0 Å². The standard InChI is InChI=1S/C24H20ClN3O5S/c25-19-3-5-20(6-4-19)34(30,31)28(14-16-2-1-7-26-13-16)15-18-10-17-11-22-23(33-9-8-32-22)12-21(17)27-24(18)29/h1-7,10-13H,8-9,14-15H2,(H,27,29). The summed E-state index contributed by atoms with van der Waals surface area (Å²) in [5.74, 6) is 1.14. The van der Waals surface area contributed by atoms with Crippen LogP contribution in [0.5, 0.6) is 11.5 Å². The van der Waals surface area contributed by atoms with Crippen molar-refractivity contribution in [1.29, 1.82) is 0 Å². The lowest BCUT2D eigenvalue weighted by Crippen LogP contribution is -2.32. The van der Waals surface area contributed by atoms with E-state index in [1.807, 2.05) is 0 Å². The van der Waals surface area contributed by atoms with Crippen LogP contribution in [0.3, 0.4) is 0 Å². The van der Waals surface area contributed by atoms with Gasteiger partial charge in [0, 0.05) is 47.5 Å². The summed E-state index contributed by atoms with van der Waals surface area (Å²) in [6.07, 6.45) is 3.21. The van der Waals surface area contributed by atoms with E-state index in [-0.39, 0.29) is 23.5 Å². The predicted octanol–water partition coefficient (Wildman–Crippen LogP) is 3.74. The van der Waals surface area contributed by atoms with Crippen LogP contribution in [0.15, 0.2) is 76.7 Å². The van der Waals surface area contributed by atoms with E-state index >= 15 is 0 Å². The number of nitrogens with one attached hydrogen (secondary N) is 1. The van der Waals surface area contributed by atoms with Crippen LogP contribution in [0.25, 0.3) is 10.9 Å². The van der Waals surface area contributed by atoms with Gasteiger partial charge in [0.15, 0.2) is 11.5 Å². The molecule has 34 heavy (non-hydrogen) atoms. The number of hydrogen-bond donors (Lipinski definition) is 1. The monoisotopic (exact) mass is 497 g/mol. The molecule has 0 aliphatic carbocycles. The fraction of sp³-hybridized carbons (Fsp3) is 0.167. The number of sulfonamides is 1. The van der Waals surface area contributed by atoms with Crippen LogP contribution in [-0.2, 0) is 23.1 Å². The second-order valence-corrected chi connectivity index (χ2v) is 10.2. The van der Waals surface area contributed by atoms with Gasteiger partial charge in [-0.1, -0.05) is 17.7 Å². The summed E-state index contributed by atoms with van der Waals surface area (Å²) in [5, 5.41) is 1.14. The van der Waals surface area contributed by atoms with Gasteiger partial charge < -0.3 is 14.5 Å². The highest BCUT2D eigenvalue weighted by Crippen LogP contribution is 2.34. The smallest absolute Gasteiger partial charge is 0.252 e. The number of fused-ring (bicyclic) bond motifs is 2. The highest BCUT2D eigenvalue weighted by molar-refractivity contribution is 7.89. The molecule has 0 saturated heterocycles. The van der Waals surface area contributed by atoms with Gasteiger partial charge in [-0.3, -0.25) is 9.78 Å². The van der Waals surface area contributed by atoms with Gasteiger partial charge in [0.05, 0.1) is 10.4 Å². The summed E-state index contributed by atoms with van der Waals surface area (Å²) in [7, 11) is -3.95. The van der Waals surface area contributed by atoms with Crippen LogP contribution >= 0.6 is 11.6 Å². The molecule has 4 aromatic rings. The van der Waals surface area contributed by atoms with Gasteiger partial charge in [-0.2, -0.15) is 4.31 Å². The van der Waals surface area contributed by atoms with Gasteiger partial charge >= 0.3 is 0 Å². The van der Waals surface area contributed by atoms with Crippen molar-refractivity contribution < 1.29 is 17.9 Å². The molecule has 0 atom stereocenters. The predicted molar refractivity (Wildman–Crippen MR) is 128 cm³/mol. The fourth-order valence-corrected chi connectivity index (χ4v) is 5.30. The van der Waals surface area contributed by atoms with Gasteiger partial charge in [-0.05, 0) is 48.0 Å². The number of aromatic nitrogens is 2. The number of halogens is 1. The molecule has 1 aliphatic heterocycles. The molecule has 0 fully saturated rings. The largest absolute Gasteiger partial charge is 0.486 e. The lowest BCUT2D eigenvalue weighted by molar-refractivity contribution is 0.172. The molecular formula is C24H20ClN3O5S. The Kier molecular flexibility index (Phi) is 5.99. The normalized spacial score (nSPS) is 13.4. The number of hydrogen-bond acceptors (Lipinski definition) is 6. The number of H-pyrrole nitrogens is 1. The maximum Gasteiger partial charge on any atom is 0.252 e. The molecule has 0 spiro atoms. The minimum Gasteiger partial charge on any atom is -0.486 e. The number of rotatable bonds is 6. The maximum atomic E-state index is 13.5. The lowest BCUT2D eigenvalue weighted by Gasteiger charge is -2.23. The third-order valence-corrected chi connectivity index (χ3v) is 7.52. The number of aromatic amines is 1. The molecule has 1 N–H and O–H groups in total. The Hall–Kier alpha value is -3.40. The van der Waals surface area contributed by atoms with Crippen molar-refractivity contribution in [1.82, 2.24) is 14.3 Å². The van der Waals surface area contributed by atoms with Crippen molar-refractivity contribution >= 4 is 32.5 Å². The molecule has 2 aromatic carbocycles. The number of pyridine rings is 2. The van der Waals surface area contributed by atoms with Crippen LogP contribution in [0.2, 0.25) is 5.02 Å². The van der Waals surface area contributed by atoms with Gasteiger partial charge in [0.25, 0.3) is 5.56 Å². The Labute approximate surface area is 200 Å². The van der Waals surface area contributed by atoms with E-state index in [4.69, 9.17) is 21.1 Å². The van der Waals surface area contributed by atoms with E-state index < -0.39 is 10.0 Å². The number of nitrogens with zero attached hydrogens (tertiary/aromatic N) is 2. The van der Waals surface area contributed by atoms with E-state index in [1.54, 1.807) is 42.7 Å². The second-order valence-electron chi connectivity index (χ2n) is 7.80. The fourth-order valence-electron chi connectivity index (χ4n) is 3.77. The molecule has 174 valence electrons. The van der Waals surface area contributed by atoms with Gasteiger partial charge in [-0.25, -0.2) is 8.42 Å². The van der Waals surface area contributed by atoms with E-state index in [0.29, 0.717) is 51.8 Å². The number of benzene rings is 2. The molecular weight excluding hydrogens is 478 g/mol. The Bertz CT molecular complexity index is 1510. The second kappa shape index (κ2) is 9.09. The first-order chi connectivity index (χ1) is 16.4. The summed E-state index contributed by atoms with van der Waals surface area (Å²) < 4.78 is 39.5. The first kappa shape index (κ1) is 22.4. The van der Waals surface area contributed by atoms with Crippen molar-refractivity contribution in [2.75, 3.05) is 13.2 Å². The van der Waals surface area contributed by atoms with E-state index in [9.17, 15) is 13.2 Å². The third kappa shape index (κ3) is 4.50. The van der Waals surface area contributed by atoms with Crippen LogP contribution in [0.4, 0.5) is 0 Å². The van der Waals surface area contributed by atoms with Crippen LogP contribution in [0, 0.1) is 0 Å². The molecule has 2 aromatic heterocycles. The van der Waals surface area contributed by atoms with E-state index in [2.05, 4.69) is 9.97 Å². The highest BCUT2D eigenvalue weighted by atomic mass is 35.5. The Morgan fingerprint density at radius 2 is 1.74 bits per heavy atom. The third-order valence-electron chi connectivity index (χ3n) is 5.46. The van der Waals surface area contributed by atoms with E-state index in [1.165, 1.54) is 28.6 Å². The van der Waals surface area contributed by atoms with Crippen molar-refractivity contribution in [2.45, 2.75) is 18.0 Å². The topological polar surface area (TPSA) is 102 Å². The van der Waals surface area contributed by atoms with Crippen LogP contribution in [-0.4, -0.2) is 35.9 Å². The van der Waals surface area contributed by atoms with Crippen molar-refractivity contribution in [3.8, 4) is 11.5 Å². The zero-order chi connectivity index (χ0) is 23.7. The molecule has 0 saturated carbocycles. The Morgan fingerprint density at radius 1 is 1.00 bits per heavy atom. The molecule has 8 nitrogen and oxygen atoms in total. The molecule has 5 rings (SSSR count). The molecule has 0 bridgehead atoms. The summed E-state index contributed by atoms with van der Waals surface area (Å²) in [6.45, 7) is 0.774. The zero-order valence-electron chi connectivity index (χ0n) is 17.9. The average molecular weight is 498 g/mol. The summed E-state index contributed by atoms with van der Waals surface area (Å²) in [4.78, 5) is 19.9. The van der Waals surface area contributed by atoms with E-state index in [0.717, 1.165) is 0 Å². The van der Waals surface area contributed by atoms with Crippen molar-refractivity contribution in [3.05, 3.63) is 93.5 Å². The molecule has 0 amide bonds. The van der Waals surface area contributed by atoms with Crippen LogP contribution in [0.1, 0.15) is 11.1 Å². The minimum atomic E-state index is -3.95. The zero-order valence-corrected chi connectivity index (χ0v) is 19.5. The van der Waals surface area contributed by atoms with Crippen molar-refractivity contribution in [3.63, 3.8) is 0 Å². The minimum absolute atomic E-state index is 0.0391. The molecule has 10 heteroatoms. The SMILES string of the molecule is O=c1[nH]c2cc3c(cc2cc1CN(Cc1cccnc1)S(=O)(=O)c1ccc(Cl)cc1)OCCO3. The van der Waals surface area contributed by atoms with Gasteiger partial charge in [0.2, 0.25) is 10.0 Å². The van der Waals surface area contributed by atoms with Crippen LogP contribution < -0.4 is 15.0 Å². The molecule has 3 heterocycles. The quantitative estimate of drug-likeness (QED) is 0.435. The highest BCUT2D eigenvalue weighted by Gasteiger charge is 2.26. The molecule has 0 radical (unpaired) electrons. The Balaban J connectivity index is 1.55. The number of ether oxygens (including phenoxy) is 2. The summed E-state index contributed by atoms with van der Waals surface area (Å²) in [5.41, 5.74) is 1.19. The first-order valence-electron chi connectivity index (χ1n) is 10.5. The van der Waals surface area contributed by atoms with Crippen molar-refractivity contribution in [2.24, 2.45) is 0 Å². The lowest BCUT2D eigenvalue weighted by atomic mass is 10.1. The summed E-state index contributed by atoms with van der Waals surface area (Å²) in [6, 6.07) is 14.6. The maximum absolute atomic E-state index is 13.5. The molecule has 0 unspecified atom stereocenters. The summed E-state index contributed by atoms with van der Waals surface area (Å²) >= 11 is 5.95. The average Bonchev–Trinajstić information content (AvgIpc) is 2.84. The molecule has 1 aliphatic rings. The Morgan fingerprint density at radius 3 is 2.44 bits per heavy atom. The first-order valence-corrected chi connectivity index (χ1v) is 12.3.